The first-order valence-corrected chi connectivity index (χ1v) is 11.6. The molecule has 2 aliphatic rings. The zero-order valence-corrected chi connectivity index (χ0v) is 20.0. The molecule has 1 saturated heterocycles. The molecule has 7 nitrogen and oxygen atoms in total. The van der Waals surface area contributed by atoms with Crippen LogP contribution in [0.4, 0.5) is 11.4 Å². The van der Waals surface area contributed by atoms with E-state index >= 15 is 0 Å². The summed E-state index contributed by atoms with van der Waals surface area (Å²) >= 11 is 12.3. The van der Waals surface area contributed by atoms with Crippen molar-refractivity contribution in [2.24, 2.45) is 5.92 Å². The molecular weight excluding hydrogens is 491 g/mol. The summed E-state index contributed by atoms with van der Waals surface area (Å²) in [6, 6.07) is 16.3. The molecule has 5 rings (SSSR count). The second kappa shape index (κ2) is 8.83. The van der Waals surface area contributed by atoms with Gasteiger partial charge in [-0.05, 0) is 55.0 Å². The zero-order valence-electron chi connectivity index (χ0n) is 18.5. The number of ether oxygens (including phenoxy) is 1. The molecule has 0 unspecified atom stereocenters. The third kappa shape index (κ3) is 3.96. The molecule has 0 radical (unpaired) electrons. The summed E-state index contributed by atoms with van der Waals surface area (Å²) in [5.74, 6) is -2.06. The molecule has 3 aromatic carbocycles. The second-order valence-electron chi connectivity index (χ2n) is 8.34. The van der Waals surface area contributed by atoms with Crippen LogP contribution in [-0.2, 0) is 9.59 Å². The smallest absolute Gasteiger partial charge is 0.316 e. The summed E-state index contributed by atoms with van der Waals surface area (Å²) in [5.41, 5.74) is 2.14. The minimum atomic E-state index is -0.686. The highest BCUT2D eigenvalue weighted by atomic mass is 35.5. The molecule has 0 saturated carbocycles. The van der Waals surface area contributed by atoms with Crippen LogP contribution in [-0.4, -0.2) is 30.2 Å². The number of esters is 1. The van der Waals surface area contributed by atoms with Crippen molar-refractivity contribution < 1.29 is 23.9 Å². The van der Waals surface area contributed by atoms with Crippen LogP contribution in [0.1, 0.15) is 32.7 Å². The van der Waals surface area contributed by atoms with Gasteiger partial charge in [0.05, 0.1) is 38.5 Å². The highest BCUT2D eigenvalue weighted by molar-refractivity contribution is 6.44. The fourth-order valence-corrected chi connectivity index (χ4v) is 4.75. The Bertz CT molecular complexity index is 1390. The number of benzene rings is 3. The van der Waals surface area contributed by atoms with Gasteiger partial charge in [-0.3, -0.25) is 19.2 Å². The quantitative estimate of drug-likeness (QED) is 0.279. The van der Waals surface area contributed by atoms with Crippen LogP contribution in [0.25, 0.3) is 0 Å². The number of nitrogens with zero attached hydrogens (tertiary/aromatic N) is 2. The molecule has 0 N–H and O–H groups in total. The number of anilines is 2. The third-order valence-electron chi connectivity index (χ3n) is 6.10. The van der Waals surface area contributed by atoms with E-state index in [1.165, 1.54) is 11.0 Å². The summed E-state index contributed by atoms with van der Waals surface area (Å²) in [6.45, 7) is 1.84. The molecule has 35 heavy (non-hydrogen) atoms. The van der Waals surface area contributed by atoms with Crippen LogP contribution in [0.2, 0.25) is 10.0 Å². The Hall–Kier alpha value is -3.68. The van der Waals surface area contributed by atoms with Crippen molar-refractivity contribution in [2.75, 3.05) is 16.3 Å². The number of carbonyl (C=O) groups excluding carboxylic acids is 4. The summed E-state index contributed by atoms with van der Waals surface area (Å²) < 4.78 is 5.53. The molecule has 3 amide bonds. The summed E-state index contributed by atoms with van der Waals surface area (Å²) in [7, 11) is 0. The van der Waals surface area contributed by atoms with E-state index in [0.717, 1.165) is 4.90 Å². The van der Waals surface area contributed by atoms with Crippen molar-refractivity contribution in [3.8, 4) is 5.75 Å². The van der Waals surface area contributed by atoms with Crippen molar-refractivity contribution in [3.05, 3.63) is 87.4 Å². The maximum absolute atomic E-state index is 12.8. The van der Waals surface area contributed by atoms with E-state index in [-0.39, 0.29) is 29.6 Å². The average Bonchev–Trinajstić information content (AvgIpc) is 3.34. The summed E-state index contributed by atoms with van der Waals surface area (Å²) in [4.78, 5) is 53.5. The molecule has 2 heterocycles. The van der Waals surface area contributed by atoms with Crippen LogP contribution in [0.5, 0.6) is 5.75 Å². The Labute approximate surface area is 210 Å². The lowest BCUT2D eigenvalue weighted by Gasteiger charge is -2.19. The Morgan fingerprint density at radius 2 is 1.60 bits per heavy atom. The Morgan fingerprint density at radius 1 is 0.914 bits per heavy atom. The largest absolute Gasteiger partial charge is 0.426 e. The number of aryl methyl sites for hydroxylation is 1. The van der Waals surface area contributed by atoms with Crippen molar-refractivity contribution >= 4 is 58.3 Å². The van der Waals surface area contributed by atoms with Gasteiger partial charge in [0.25, 0.3) is 11.8 Å². The lowest BCUT2D eigenvalue weighted by molar-refractivity contribution is -0.139. The molecule has 1 atom stereocenters. The van der Waals surface area contributed by atoms with Gasteiger partial charge < -0.3 is 9.64 Å². The normalized spacial score (nSPS) is 17.2. The lowest BCUT2D eigenvalue weighted by Crippen LogP contribution is -2.30. The minimum absolute atomic E-state index is 0.0201. The highest BCUT2D eigenvalue weighted by Crippen LogP contribution is 2.36. The van der Waals surface area contributed by atoms with Gasteiger partial charge in [-0.2, -0.15) is 0 Å². The molecule has 0 aliphatic carbocycles. The van der Waals surface area contributed by atoms with Gasteiger partial charge in [-0.25, -0.2) is 4.90 Å². The van der Waals surface area contributed by atoms with Gasteiger partial charge in [0.15, 0.2) is 0 Å². The Morgan fingerprint density at radius 3 is 2.26 bits per heavy atom. The van der Waals surface area contributed by atoms with E-state index in [2.05, 4.69) is 0 Å². The highest BCUT2D eigenvalue weighted by Gasteiger charge is 2.38. The predicted octanol–water partition coefficient (Wildman–Crippen LogP) is 5.06. The molecule has 0 spiro atoms. The van der Waals surface area contributed by atoms with Gasteiger partial charge in [0.2, 0.25) is 5.91 Å². The van der Waals surface area contributed by atoms with Crippen LogP contribution < -0.4 is 14.5 Å². The first kappa shape index (κ1) is 23.1. The van der Waals surface area contributed by atoms with Gasteiger partial charge in [0, 0.05) is 13.0 Å². The van der Waals surface area contributed by atoms with E-state index in [1.807, 2.05) is 0 Å². The molecule has 9 heteroatoms. The average molecular weight is 509 g/mol. The zero-order chi connectivity index (χ0) is 24.9. The van der Waals surface area contributed by atoms with Gasteiger partial charge in [0.1, 0.15) is 5.75 Å². The van der Waals surface area contributed by atoms with E-state index in [9.17, 15) is 19.2 Å². The molecule has 1 fully saturated rings. The fourth-order valence-electron chi connectivity index (χ4n) is 4.35. The van der Waals surface area contributed by atoms with Crippen LogP contribution >= 0.6 is 23.2 Å². The first-order valence-electron chi connectivity index (χ1n) is 10.8. The van der Waals surface area contributed by atoms with Gasteiger partial charge in [-0.15, -0.1) is 0 Å². The summed E-state index contributed by atoms with van der Waals surface area (Å²) in [5, 5.41) is 0.563. The number of halogens is 2. The second-order valence-corrected chi connectivity index (χ2v) is 9.12. The summed E-state index contributed by atoms with van der Waals surface area (Å²) in [6.07, 6.45) is -0.0201. The fraction of sp³-hybridized carbons (Fsp3) is 0.154. The van der Waals surface area contributed by atoms with E-state index in [1.54, 1.807) is 61.5 Å². The maximum Gasteiger partial charge on any atom is 0.316 e. The number of amides is 3. The number of rotatable bonds is 4. The monoisotopic (exact) mass is 508 g/mol. The molecule has 176 valence electrons. The minimum Gasteiger partial charge on any atom is -0.426 e. The number of hydrogen-bond acceptors (Lipinski definition) is 5. The number of carbonyl (C=O) groups is 4. The van der Waals surface area contributed by atoms with Crippen molar-refractivity contribution in [2.45, 2.75) is 13.3 Å². The maximum atomic E-state index is 12.8. The van der Waals surface area contributed by atoms with Crippen LogP contribution in [0, 0.1) is 12.8 Å². The van der Waals surface area contributed by atoms with Crippen LogP contribution in [0.3, 0.4) is 0 Å². The van der Waals surface area contributed by atoms with Gasteiger partial charge >= 0.3 is 5.97 Å². The van der Waals surface area contributed by atoms with Gasteiger partial charge in [-0.1, -0.05) is 41.4 Å². The molecular formula is C26H18Cl2N2O5. The topological polar surface area (TPSA) is 84.0 Å². The lowest BCUT2D eigenvalue weighted by atomic mass is 10.1. The number of hydrogen-bond donors (Lipinski definition) is 0. The standard InChI is InChI=1S/C26H18Cl2N2O5/c1-14-11-16(9-10-20(14)30-24(32)17-5-2-3-6-18(17)25(30)33)35-26(34)15-12-22(31)29(13-15)21-8-4-7-19(27)23(21)28/h2-11,15H,12-13H2,1H3/t15-/m0/s1. The Kier molecular flexibility index (Phi) is 5.83. The van der Waals surface area contributed by atoms with E-state index in [4.69, 9.17) is 27.9 Å². The SMILES string of the molecule is Cc1cc(OC(=O)[C@H]2CC(=O)N(c3cccc(Cl)c3Cl)C2)ccc1N1C(=O)c2ccccc2C1=O. The third-order valence-corrected chi connectivity index (χ3v) is 6.91. The molecule has 2 aliphatic heterocycles. The van der Waals surface area contributed by atoms with E-state index in [0.29, 0.717) is 33.1 Å². The molecule has 0 bridgehead atoms. The predicted molar refractivity (Wildman–Crippen MR) is 131 cm³/mol. The van der Waals surface area contributed by atoms with E-state index < -0.39 is 23.7 Å². The molecule has 3 aromatic rings. The van der Waals surface area contributed by atoms with Crippen LogP contribution in [0.15, 0.2) is 60.7 Å². The number of fused-ring (bicyclic) bond motifs is 1. The van der Waals surface area contributed by atoms with Crippen molar-refractivity contribution in [3.63, 3.8) is 0 Å². The Balaban J connectivity index is 1.31. The number of imide groups is 1. The van der Waals surface area contributed by atoms with Crippen molar-refractivity contribution in [1.82, 2.24) is 0 Å². The molecule has 0 aromatic heterocycles. The van der Waals surface area contributed by atoms with Crippen molar-refractivity contribution in [1.29, 1.82) is 0 Å². The first-order chi connectivity index (χ1) is 16.8.